The Balaban J connectivity index is 1.50. The van der Waals surface area contributed by atoms with Crippen LogP contribution in [-0.2, 0) is 6.11 Å². The number of para-hydroxylation sites is 1. The van der Waals surface area contributed by atoms with Crippen molar-refractivity contribution >= 4 is 0 Å². The van der Waals surface area contributed by atoms with Gasteiger partial charge in [-0.1, -0.05) is 56.2 Å². The third kappa shape index (κ3) is 6.79. The molecular weight excluding hydrogens is 494 g/mol. The number of ether oxygens (including phenoxy) is 2. The lowest BCUT2D eigenvalue weighted by atomic mass is 9.77. The van der Waals surface area contributed by atoms with Crippen LogP contribution in [-0.4, -0.2) is 6.36 Å². The minimum atomic E-state index is -5.06. The molecule has 1 fully saturated rings. The summed E-state index contributed by atoms with van der Waals surface area (Å²) in [5, 5.41) is 0. The molecule has 0 radical (unpaired) electrons. The van der Waals surface area contributed by atoms with E-state index in [0.29, 0.717) is 5.92 Å². The Labute approximate surface area is 212 Å². The number of benzene rings is 3. The molecule has 0 aliphatic heterocycles. The van der Waals surface area contributed by atoms with E-state index >= 15 is 8.78 Å². The first kappa shape index (κ1) is 26.9. The van der Waals surface area contributed by atoms with Crippen LogP contribution in [0.3, 0.4) is 0 Å². The highest BCUT2D eigenvalue weighted by atomic mass is 19.4. The van der Waals surface area contributed by atoms with Gasteiger partial charge >= 0.3 is 12.5 Å². The third-order valence-corrected chi connectivity index (χ3v) is 6.86. The molecule has 0 amide bonds. The van der Waals surface area contributed by atoms with E-state index in [-0.39, 0.29) is 22.4 Å². The number of alkyl halides is 5. The molecule has 2 nitrogen and oxygen atoms in total. The Bertz CT molecular complexity index is 1180. The standard InChI is InChI=1S/C29H28F6O2/c1-2-5-19-8-10-20(11-9-19)21-12-15-23(16-13-21)28(31,32)36-26-7-4-3-6-24(26)22-14-17-27(25(30)18-22)37-29(33,34)35/h3-4,6-7,12-20H,2,5,8-11H2,1H3/t19-,20-. The lowest BCUT2D eigenvalue weighted by Crippen LogP contribution is -2.22. The van der Waals surface area contributed by atoms with E-state index in [1.165, 1.54) is 49.2 Å². The fourth-order valence-corrected chi connectivity index (χ4v) is 5.01. The van der Waals surface area contributed by atoms with Gasteiger partial charge in [0.25, 0.3) is 0 Å². The molecule has 0 aromatic heterocycles. The highest BCUT2D eigenvalue weighted by Gasteiger charge is 2.36. The Morgan fingerprint density at radius 3 is 2.08 bits per heavy atom. The van der Waals surface area contributed by atoms with Crippen molar-refractivity contribution in [1.29, 1.82) is 0 Å². The molecule has 0 unspecified atom stereocenters. The van der Waals surface area contributed by atoms with Crippen LogP contribution in [0.25, 0.3) is 11.1 Å². The van der Waals surface area contributed by atoms with Crippen molar-refractivity contribution in [1.82, 2.24) is 0 Å². The van der Waals surface area contributed by atoms with E-state index in [1.54, 1.807) is 12.1 Å². The molecule has 3 aromatic rings. The molecule has 0 spiro atoms. The number of hydrogen-bond acceptors (Lipinski definition) is 2. The Morgan fingerprint density at radius 1 is 0.784 bits per heavy atom. The first-order valence-corrected chi connectivity index (χ1v) is 12.4. The van der Waals surface area contributed by atoms with Crippen LogP contribution >= 0.6 is 0 Å². The van der Waals surface area contributed by atoms with Gasteiger partial charge < -0.3 is 9.47 Å². The molecule has 0 heterocycles. The van der Waals surface area contributed by atoms with Crippen molar-refractivity contribution in [2.45, 2.75) is 63.8 Å². The zero-order chi connectivity index (χ0) is 26.6. The Hall–Kier alpha value is -3.16. The van der Waals surface area contributed by atoms with Gasteiger partial charge in [-0.3, -0.25) is 0 Å². The second-order valence-corrected chi connectivity index (χ2v) is 9.44. The van der Waals surface area contributed by atoms with Crippen molar-refractivity contribution in [3.8, 4) is 22.6 Å². The van der Waals surface area contributed by atoms with Crippen LogP contribution in [0.5, 0.6) is 11.5 Å². The maximum Gasteiger partial charge on any atom is 0.573 e. The molecule has 3 aromatic carbocycles. The summed E-state index contributed by atoms with van der Waals surface area (Å²) in [5.41, 5.74) is 0.866. The lowest BCUT2D eigenvalue weighted by molar-refractivity contribution is -0.275. The van der Waals surface area contributed by atoms with Gasteiger partial charge in [0.2, 0.25) is 0 Å². The molecule has 1 saturated carbocycles. The van der Waals surface area contributed by atoms with E-state index in [9.17, 15) is 17.6 Å². The van der Waals surface area contributed by atoms with Gasteiger partial charge in [0.05, 0.1) is 5.56 Å². The maximum atomic E-state index is 15.1. The topological polar surface area (TPSA) is 18.5 Å². The molecule has 198 valence electrons. The summed E-state index contributed by atoms with van der Waals surface area (Å²) in [4.78, 5) is 0. The maximum absolute atomic E-state index is 15.1. The van der Waals surface area contributed by atoms with Crippen molar-refractivity contribution in [3.63, 3.8) is 0 Å². The van der Waals surface area contributed by atoms with Gasteiger partial charge in [0.15, 0.2) is 11.6 Å². The summed E-state index contributed by atoms with van der Waals surface area (Å²) in [5.74, 6) is -1.43. The van der Waals surface area contributed by atoms with Gasteiger partial charge in [-0.15, -0.1) is 13.2 Å². The van der Waals surface area contributed by atoms with Gasteiger partial charge in [-0.05, 0) is 79.0 Å². The van der Waals surface area contributed by atoms with Crippen LogP contribution in [0, 0.1) is 11.7 Å². The molecule has 0 atom stereocenters. The van der Waals surface area contributed by atoms with E-state index < -0.39 is 24.0 Å². The van der Waals surface area contributed by atoms with E-state index in [4.69, 9.17) is 4.74 Å². The lowest BCUT2D eigenvalue weighted by Gasteiger charge is -2.29. The average molecular weight is 523 g/mol. The van der Waals surface area contributed by atoms with Gasteiger partial charge in [-0.25, -0.2) is 4.39 Å². The third-order valence-electron chi connectivity index (χ3n) is 6.86. The van der Waals surface area contributed by atoms with Crippen LogP contribution < -0.4 is 9.47 Å². The van der Waals surface area contributed by atoms with Crippen LogP contribution in [0.1, 0.15) is 62.5 Å². The summed E-state index contributed by atoms with van der Waals surface area (Å²) in [7, 11) is 0. The summed E-state index contributed by atoms with van der Waals surface area (Å²) < 4.78 is 90.5. The summed E-state index contributed by atoms with van der Waals surface area (Å²) in [6, 6.07) is 14.6. The highest BCUT2D eigenvalue weighted by molar-refractivity contribution is 5.71. The van der Waals surface area contributed by atoms with Crippen LogP contribution in [0.2, 0.25) is 0 Å². The van der Waals surface area contributed by atoms with Gasteiger partial charge in [0, 0.05) is 5.56 Å². The van der Waals surface area contributed by atoms with Gasteiger partial charge in [0.1, 0.15) is 5.75 Å². The molecule has 1 aliphatic rings. The normalized spacial score (nSPS) is 18.5. The Morgan fingerprint density at radius 2 is 1.46 bits per heavy atom. The van der Waals surface area contributed by atoms with E-state index in [0.717, 1.165) is 55.4 Å². The van der Waals surface area contributed by atoms with E-state index in [1.807, 2.05) is 0 Å². The minimum Gasteiger partial charge on any atom is -0.428 e. The SMILES string of the molecule is CCC[C@H]1CC[C@H](c2ccc(C(F)(F)Oc3ccccc3-c3ccc(OC(F)(F)F)c(F)c3)cc2)CC1. The molecule has 4 rings (SSSR count). The quantitative estimate of drug-likeness (QED) is 0.274. The fraction of sp³-hybridized carbons (Fsp3) is 0.379. The molecule has 1 aliphatic carbocycles. The monoisotopic (exact) mass is 522 g/mol. The zero-order valence-electron chi connectivity index (χ0n) is 20.3. The molecule has 0 N–H and O–H groups in total. The Kier molecular flexibility index (Phi) is 8.05. The van der Waals surface area contributed by atoms with Crippen LogP contribution in [0.15, 0.2) is 66.7 Å². The fourth-order valence-electron chi connectivity index (χ4n) is 5.01. The smallest absolute Gasteiger partial charge is 0.428 e. The second kappa shape index (κ2) is 11.1. The van der Waals surface area contributed by atoms with Crippen molar-refractivity contribution in [3.05, 3.63) is 83.7 Å². The molecular formula is C29H28F6O2. The molecule has 0 bridgehead atoms. The predicted octanol–water partition coefficient (Wildman–Crippen LogP) is 9.59. The molecule has 0 saturated heterocycles. The van der Waals surface area contributed by atoms with Crippen molar-refractivity contribution in [2.75, 3.05) is 0 Å². The summed E-state index contributed by atoms with van der Waals surface area (Å²) in [6.07, 6.45) is -1.94. The summed E-state index contributed by atoms with van der Waals surface area (Å²) >= 11 is 0. The molecule has 8 heteroatoms. The number of hydrogen-bond donors (Lipinski definition) is 0. The largest absolute Gasteiger partial charge is 0.573 e. The average Bonchev–Trinajstić information content (AvgIpc) is 2.85. The van der Waals surface area contributed by atoms with Gasteiger partial charge in [-0.2, -0.15) is 8.78 Å². The van der Waals surface area contributed by atoms with Crippen molar-refractivity contribution < 1.29 is 35.8 Å². The zero-order valence-corrected chi connectivity index (χ0v) is 20.3. The highest BCUT2D eigenvalue weighted by Crippen LogP contribution is 2.41. The second-order valence-electron chi connectivity index (χ2n) is 9.44. The van der Waals surface area contributed by atoms with Crippen LogP contribution in [0.4, 0.5) is 26.3 Å². The van der Waals surface area contributed by atoms with Crippen molar-refractivity contribution in [2.24, 2.45) is 5.92 Å². The number of rotatable bonds is 8. The number of halogens is 6. The predicted molar refractivity (Wildman–Crippen MR) is 129 cm³/mol. The summed E-state index contributed by atoms with van der Waals surface area (Å²) in [6.45, 7) is 2.19. The first-order chi connectivity index (χ1) is 17.6. The molecule has 37 heavy (non-hydrogen) atoms. The minimum absolute atomic E-state index is 0.0625. The van der Waals surface area contributed by atoms with E-state index in [2.05, 4.69) is 11.7 Å². The first-order valence-electron chi connectivity index (χ1n) is 12.4.